The zero-order chi connectivity index (χ0) is 18.5. The van der Waals surface area contributed by atoms with Gasteiger partial charge in [-0.1, -0.05) is 29.3 Å². The monoisotopic (exact) mass is 357 g/mol. The van der Waals surface area contributed by atoms with Crippen LogP contribution in [0.5, 0.6) is 0 Å². The van der Waals surface area contributed by atoms with E-state index in [0.717, 1.165) is 16.7 Å². The first-order valence-electron chi connectivity index (χ1n) is 8.07. The van der Waals surface area contributed by atoms with E-state index in [0.29, 0.717) is 21.8 Å². The van der Waals surface area contributed by atoms with Crippen LogP contribution >= 0.6 is 11.6 Å². The summed E-state index contributed by atoms with van der Waals surface area (Å²) in [5.74, 6) is -0.771. The van der Waals surface area contributed by atoms with Crippen molar-refractivity contribution >= 4 is 29.0 Å². The number of likely N-dealkylation sites (N-methyl/N-ethyl adjacent to an activating group) is 1. The van der Waals surface area contributed by atoms with Gasteiger partial charge in [0.2, 0.25) is 0 Å². The molecule has 1 amide bonds. The maximum Gasteiger partial charge on any atom is 0.263 e. The highest BCUT2D eigenvalue weighted by molar-refractivity contribution is 6.31. The zero-order valence-corrected chi connectivity index (χ0v) is 15.4. The van der Waals surface area contributed by atoms with Crippen LogP contribution < -0.4 is 4.90 Å². The highest BCUT2D eigenvalue weighted by Crippen LogP contribution is 2.43. The van der Waals surface area contributed by atoms with Crippen LogP contribution in [0.15, 0.2) is 30.3 Å². The van der Waals surface area contributed by atoms with E-state index in [-0.39, 0.29) is 12.2 Å². The van der Waals surface area contributed by atoms with Crippen molar-refractivity contribution in [2.24, 2.45) is 0 Å². The third-order valence-corrected chi connectivity index (χ3v) is 5.03. The highest BCUT2D eigenvalue weighted by atomic mass is 35.5. The topological polar surface area (TPSA) is 57.6 Å². The predicted molar refractivity (Wildman–Crippen MR) is 98.4 cm³/mol. The molecule has 3 rings (SSSR count). The lowest BCUT2D eigenvalue weighted by atomic mass is 9.85. The molecule has 0 radical (unpaired) electrons. The standard InChI is InChI=1S/C20H20ClNO3/c1-11-7-12(2)18(13(3)8-11)17(23)10-20(25)15-9-14(21)5-6-16(15)22(4)19(20)24/h5-9,25H,10H2,1-4H3. The Bertz CT molecular complexity index is 883. The van der Waals surface area contributed by atoms with Crippen molar-refractivity contribution in [1.29, 1.82) is 0 Å². The second-order valence-electron chi connectivity index (χ2n) is 6.76. The normalized spacial score (nSPS) is 19.3. The highest BCUT2D eigenvalue weighted by Gasteiger charge is 2.50. The number of carbonyl (C=O) groups excluding carboxylic acids is 2. The molecule has 130 valence electrons. The second-order valence-corrected chi connectivity index (χ2v) is 7.20. The van der Waals surface area contributed by atoms with Gasteiger partial charge in [0, 0.05) is 23.2 Å². The molecular formula is C20H20ClNO3. The molecule has 1 N–H and O–H groups in total. The van der Waals surface area contributed by atoms with Gasteiger partial charge in [0.1, 0.15) is 0 Å². The van der Waals surface area contributed by atoms with Crippen LogP contribution in [0.25, 0.3) is 0 Å². The number of amides is 1. The molecule has 0 saturated heterocycles. The molecule has 25 heavy (non-hydrogen) atoms. The van der Waals surface area contributed by atoms with Crippen LogP contribution in [0, 0.1) is 20.8 Å². The molecule has 1 aliphatic rings. The van der Waals surface area contributed by atoms with Gasteiger partial charge in [-0.15, -0.1) is 0 Å². The van der Waals surface area contributed by atoms with Crippen molar-refractivity contribution < 1.29 is 14.7 Å². The maximum atomic E-state index is 12.9. The minimum Gasteiger partial charge on any atom is -0.375 e. The van der Waals surface area contributed by atoms with Gasteiger partial charge in [0.25, 0.3) is 5.91 Å². The fraction of sp³-hybridized carbons (Fsp3) is 0.300. The van der Waals surface area contributed by atoms with Crippen molar-refractivity contribution in [2.75, 3.05) is 11.9 Å². The summed E-state index contributed by atoms with van der Waals surface area (Å²) in [7, 11) is 1.58. The van der Waals surface area contributed by atoms with Crippen LogP contribution in [0.3, 0.4) is 0 Å². The first-order chi connectivity index (χ1) is 11.6. The van der Waals surface area contributed by atoms with E-state index >= 15 is 0 Å². The molecule has 5 heteroatoms. The number of fused-ring (bicyclic) bond motifs is 1. The van der Waals surface area contributed by atoms with Crippen LogP contribution in [0.2, 0.25) is 5.02 Å². The van der Waals surface area contributed by atoms with Crippen LogP contribution in [0.4, 0.5) is 5.69 Å². The minimum absolute atomic E-state index is 0.257. The van der Waals surface area contributed by atoms with E-state index in [1.807, 2.05) is 32.9 Å². The van der Waals surface area contributed by atoms with E-state index in [2.05, 4.69) is 0 Å². The lowest BCUT2D eigenvalue weighted by Gasteiger charge is -2.22. The Labute approximate surface area is 152 Å². The third kappa shape index (κ3) is 2.75. The molecule has 1 atom stereocenters. The van der Waals surface area contributed by atoms with Gasteiger partial charge in [-0.05, 0) is 50.1 Å². The van der Waals surface area contributed by atoms with Crippen molar-refractivity contribution in [3.05, 3.63) is 63.2 Å². The van der Waals surface area contributed by atoms with Crippen molar-refractivity contribution in [3.8, 4) is 0 Å². The molecule has 1 aliphatic heterocycles. The number of benzene rings is 2. The minimum atomic E-state index is -1.89. The molecule has 4 nitrogen and oxygen atoms in total. The largest absolute Gasteiger partial charge is 0.375 e. The Morgan fingerprint density at radius 3 is 2.36 bits per heavy atom. The summed E-state index contributed by atoms with van der Waals surface area (Å²) in [6, 6.07) is 8.75. The Morgan fingerprint density at radius 1 is 1.16 bits per heavy atom. The van der Waals surface area contributed by atoms with Crippen LogP contribution in [-0.4, -0.2) is 23.8 Å². The Kier molecular flexibility index (Phi) is 4.21. The number of aliphatic hydroxyl groups is 1. The maximum absolute atomic E-state index is 12.9. The molecular weight excluding hydrogens is 338 g/mol. The number of hydrogen-bond acceptors (Lipinski definition) is 3. The van der Waals surface area contributed by atoms with Crippen LogP contribution in [-0.2, 0) is 10.4 Å². The average Bonchev–Trinajstić information content (AvgIpc) is 2.68. The number of hydrogen-bond donors (Lipinski definition) is 1. The number of halogens is 1. The first kappa shape index (κ1) is 17.6. The Balaban J connectivity index is 2.05. The lowest BCUT2D eigenvalue weighted by molar-refractivity contribution is -0.135. The predicted octanol–water partition coefficient (Wildman–Crippen LogP) is 3.70. The molecule has 0 fully saturated rings. The van der Waals surface area contributed by atoms with E-state index in [4.69, 9.17) is 11.6 Å². The van der Waals surface area contributed by atoms with Gasteiger partial charge in [-0.3, -0.25) is 9.59 Å². The van der Waals surface area contributed by atoms with Gasteiger partial charge in [-0.2, -0.15) is 0 Å². The van der Waals surface area contributed by atoms with Gasteiger partial charge in [-0.25, -0.2) is 0 Å². The van der Waals surface area contributed by atoms with Gasteiger partial charge < -0.3 is 10.0 Å². The second kappa shape index (κ2) is 5.97. The number of aryl methyl sites for hydroxylation is 3. The number of anilines is 1. The lowest BCUT2D eigenvalue weighted by Crippen LogP contribution is -2.40. The SMILES string of the molecule is Cc1cc(C)c(C(=O)CC2(O)C(=O)N(C)c3ccc(Cl)cc32)c(C)c1. The molecule has 0 aliphatic carbocycles. The summed E-state index contributed by atoms with van der Waals surface area (Å²) in [5, 5.41) is 11.5. The molecule has 2 aromatic rings. The molecule has 0 aromatic heterocycles. The third-order valence-electron chi connectivity index (χ3n) is 4.80. The molecule has 0 saturated carbocycles. The summed E-state index contributed by atoms with van der Waals surface area (Å²) in [5.41, 5.74) is 2.37. The number of Topliss-reactive ketones (excluding diaryl/α,β-unsaturated/α-hetero) is 1. The van der Waals surface area contributed by atoms with E-state index in [1.165, 1.54) is 4.90 Å². The van der Waals surface area contributed by atoms with Gasteiger partial charge in [0.05, 0.1) is 12.1 Å². The summed E-state index contributed by atoms with van der Waals surface area (Å²) in [6.45, 7) is 5.70. The van der Waals surface area contributed by atoms with Crippen molar-refractivity contribution in [2.45, 2.75) is 32.8 Å². The fourth-order valence-corrected chi connectivity index (χ4v) is 3.92. The van der Waals surface area contributed by atoms with E-state index in [1.54, 1.807) is 25.2 Å². The zero-order valence-electron chi connectivity index (χ0n) is 14.7. The van der Waals surface area contributed by atoms with Crippen molar-refractivity contribution in [1.82, 2.24) is 0 Å². The fourth-order valence-electron chi connectivity index (χ4n) is 3.75. The molecule has 0 spiro atoms. The summed E-state index contributed by atoms with van der Waals surface area (Å²) in [4.78, 5) is 27.0. The van der Waals surface area contributed by atoms with Crippen molar-refractivity contribution in [3.63, 3.8) is 0 Å². The smallest absolute Gasteiger partial charge is 0.263 e. The van der Waals surface area contributed by atoms with Crippen LogP contribution in [0.1, 0.15) is 39.0 Å². The molecule has 1 unspecified atom stereocenters. The van der Waals surface area contributed by atoms with Gasteiger partial charge in [0.15, 0.2) is 11.4 Å². The number of carbonyl (C=O) groups is 2. The summed E-state index contributed by atoms with van der Waals surface area (Å²) >= 11 is 6.04. The molecule has 0 bridgehead atoms. The Morgan fingerprint density at radius 2 is 1.76 bits per heavy atom. The quantitative estimate of drug-likeness (QED) is 0.852. The number of ketones is 1. The van der Waals surface area contributed by atoms with E-state index < -0.39 is 11.5 Å². The average molecular weight is 358 g/mol. The molecule has 2 aromatic carbocycles. The summed E-state index contributed by atoms with van der Waals surface area (Å²) < 4.78 is 0. The van der Waals surface area contributed by atoms with E-state index in [9.17, 15) is 14.7 Å². The first-order valence-corrected chi connectivity index (χ1v) is 8.44. The van der Waals surface area contributed by atoms with Gasteiger partial charge >= 0.3 is 0 Å². The summed E-state index contributed by atoms with van der Waals surface area (Å²) in [6.07, 6.45) is -0.311. The number of rotatable bonds is 3. The molecule has 1 heterocycles. The number of nitrogens with zero attached hydrogens (tertiary/aromatic N) is 1. The Hall–Kier alpha value is -2.17.